The van der Waals surface area contributed by atoms with Crippen LogP contribution in [-0.4, -0.2) is 57.0 Å². The lowest BCUT2D eigenvalue weighted by Gasteiger charge is -2.29. The highest BCUT2D eigenvalue weighted by Gasteiger charge is 2.26. The molecule has 28 heavy (non-hydrogen) atoms. The summed E-state index contributed by atoms with van der Waals surface area (Å²) >= 11 is 0. The van der Waals surface area contributed by atoms with Gasteiger partial charge in [0.25, 0.3) is 5.91 Å². The number of nitrogens with one attached hydrogen (secondary N) is 1. The number of aryl methyl sites for hydroxylation is 1. The number of carbonyl (C=O) groups excluding carboxylic acids is 1. The van der Waals surface area contributed by atoms with Crippen molar-refractivity contribution in [2.75, 3.05) is 51.5 Å². The Hall–Kier alpha value is -2.31. The first-order valence-electron chi connectivity index (χ1n) is 9.88. The minimum absolute atomic E-state index is 0.0511. The first kappa shape index (κ1) is 20.4. The number of morpholine rings is 1. The standard InChI is InChI=1S/C22H31N3O3/c1-16-6-5-7-19(14-16)15-25-18(3)20(24-9-12-28-13-10-24)17(2)21(25)22(26)23-8-11-27-4/h5-7,14H,8-13,15H2,1-4H3,(H,23,26). The third-order valence-electron chi connectivity index (χ3n) is 5.29. The summed E-state index contributed by atoms with van der Waals surface area (Å²) in [7, 11) is 1.64. The van der Waals surface area contributed by atoms with Crippen molar-refractivity contribution in [1.29, 1.82) is 0 Å². The predicted molar refractivity (Wildman–Crippen MR) is 111 cm³/mol. The average molecular weight is 386 g/mol. The molecule has 0 spiro atoms. The van der Waals surface area contributed by atoms with Gasteiger partial charge in [0, 0.05) is 44.5 Å². The topological polar surface area (TPSA) is 55.7 Å². The molecule has 1 saturated heterocycles. The highest BCUT2D eigenvalue weighted by Crippen LogP contribution is 2.32. The predicted octanol–water partition coefficient (Wildman–Crippen LogP) is 2.67. The molecule has 1 aromatic carbocycles. The Kier molecular flexibility index (Phi) is 6.75. The van der Waals surface area contributed by atoms with Crippen molar-refractivity contribution < 1.29 is 14.3 Å². The molecule has 1 N–H and O–H groups in total. The average Bonchev–Trinajstić information content (AvgIpc) is 2.92. The van der Waals surface area contributed by atoms with E-state index in [0.717, 1.165) is 48.9 Å². The van der Waals surface area contributed by atoms with Crippen molar-refractivity contribution in [1.82, 2.24) is 9.88 Å². The number of aromatic nitrogens is 1. The summed E-state index contributed by atoms with van der Waals surface area (Å²) in [5.41, 5.74) is 6.46. The maximum Gasteiger partial charge on any atom is 0.268 e. The fourth-order valence-corrected chi connectivity index (χ4v) is 3.97. The van der Waals surface area contributed by atoms with Crippen LogP contribution in [0.15, 0.2) is 24.3 Å². The lowest BCUT2D eigenvalue weighted by atomic mass is 10.1. The van der Waals surface area contributed by atoms with Crippen LogP contribution in [0.5, 0.6) is 0 Å². The minimum atomic E-state index is -0.0511. The van der Waals surface area contributed by atoms with E-state index < -0.39 is 0 Å². The van der Waals surface area contributed by atoms with Crippen LogP contribution in [0, 0.1) is 20.8 Å². The first-order valence-corrected chi connectivity index (χ1v) is 9.88. The summed E-state index contributed by atoms with van der Waals surface area (Å²) in [6, 6.07) is 8.45. The summed E-state index contributed by atoms with van der Waals surface area (Å²) in [5.74, 6) is -0.0511. The lowest BCUT2D eigenvalue weighted by molar-refractivity contribution is 0.0927. The third-order valence-corrected chi connectivity index (χ3v) is 5.29. The van der Waals surface area contributed by atoms with Gasteiger partial charge in [-0.15, -0.1) is 0 Å². The van der Waals surface area contributed by atoms with Gasteiger partial charge < -0.3 is 24.3 Å². The van der Waals surface area contributed by atoms with Crippen LogP contribution >= 0.6 is 0 Å². The molecule has 3 rings (SSSR count). The Bertz CT molecular complexity index is 823. The number of benzene rings is 1. The quantitative estimate of drug-likeness (QED) is 0.745. The summed E-state index contributed by atoms with van der Waals surface area (Å²) in [5, 5.41) is 2.99. The van der Waals surface area contributed by atoms with Crippen LogP contribution < -0.4 is 10.2 Å². The van der Waals surface area contributed by atoms with Gasteiger partial charge in [-0.2, -0.15) is 0 Å². The van der Waals surface area contributed by atoms with Crippen LogP contribution in [0.25, 0.3) is 0 Å². The second-order valence-electron chi connectivity index (χ2n) is 7.33. The van der Waals surface area contributed by atoms with Gasteiger partial charge in [0.05, 0.1) is 25.5 Å². The van der Waals surface area contributed by atoms with E-state index in [0.29, 0.717) is 19.7 Å². The van der Waals surface area contributed by atoms with Crippen LogP contribution in [-0.2, 0) is 16.0 Å². The van der Waals surface area contributed by atoms with Crippen molar-refractivity contribution in [3.05, 3.63) is 52.3 Å². The molecule has 2 aromatic rings. The van der Waals surface area contributed by atoms with Gasteiger partial charge >= 0.3 is 0 Å². The number of nitrogens with zero attached hydrogens (tertiary/aromatic N) is 2. The van der Waals surface area contributed by atoms with Crippen LogP contribution in [0.4, 0.5) is 5.69 Å². The van der Waals surface area contributed by atoms with Gasteiger partial charge in [-0.25, -0.2) is 0 Å². The first-order chi connectivity index (χ1) is 13.5. The highest BCUT2D eigenvalue weighted by molar-refractivity contribution is 5.96. The number of hydrogen-bond donors (Lipinski definition) is 1. The normalized spacial score (nSPS) is 14.4. The van der Waals surface area contributed by atoms with E-state index in [-0.39, 0.29) is 5.91 Å². The van der Waals surface area contributed by atoms with Gasteiger partial charge in [0.1, 0.15) is 5.69 Å². The van der Waals surface area contributed by atoms with Gasteiger partial charge in [-0.3, -0.25) is 4.79 Å². The van der Waals surface area contributed by atoms with E-state index >= 15 is 0 Å². The van der Waals surface area contributed by atoms with Crippen LogP contribution in [0.2, 0.25) is 0 Å². The molecule has 1 aromatic heterocycles. The summed E-state index contributed by atoms with van der Waals surface area (Å²) in [6.45, 7) is 11.1. The van der Waals surface area contributed by atoms with Gasteiger partial charge in [-0.1, -0.05) is 29.8 Å². The van der Waals surface area contributed by atoms with Crippen molar-refractivity contribution in [2.24, 2.45) is 0 Å². The van der Waals surface area contributed by atoms with Gasteiger partial charge in [0.15, 0.2) is 0 Å². The zero-order valence-corrected chi connectivity index (χ0v) is 17.4. The summed E-state index contributed by atoms with van der Waals surface area (Å²) < 4.78 is 12.7. The molecule has 0 unspecified atom stereocenters. The second kappa shape index (κ2) is 9.26. The SMILES string of the molecule is COCCNC(=O)c1c(C)c(N2CCOCC2)c(C)n1Cc1cccc(C)c1. The molecule has 0 radical (unpaired) electrons. The molecule has 1 fully saturated rings. The van der Waals surface area contributed by atoms with Crippen molar-refractivity contribution >= 4 is 11.6 Å². The Morgan fingerprint density at radius 2 is 1.96 bits per heavy atom. The van der Waals surface area contributed by atoms with Crippen molar-refractivity contribution in [3.63, 3.8) is 0 Å². The Morgan fingerprint density at radius 3 is 2.64 bits per heavy atom. The minimum Gasteiger partial charge on any atom is -0.383 e. The van der Waals surface area contributed by atoms with Crippen LogP contribution in [0.1, 0.15) is 32.9 Å². The van der Waals surface area contributed by atoms with E-state index in [2.05, 4.69) is 59.8 Å². The smallest absolute Gasteiger partial charge is 0.268 e. The van der Waals surface area contributed by atoms with E-state index in [4.69, 9.17) is 9.47 Å². The maximum absolute atomic E-state index is 13.0. The van der Waals surface area contributed by atoms with E-state index in [1.165, 1.54) is 11.1 Å². The molecule has 0 aliphatic carbocycles. The fraction of sp³-hybridized carbons (Fsp3) is 0.500. The number of hydrogen-bond acceptors (Lipinski definition) is 4. The molecule has 2 heterocycles. The van der Waals surface area contributed by atoms with Crippen LogP contribution in [0.3, 0.4) is 0 Å². The summed E-state index contributed by atoms with van der Waals surface area (Å²) in [4.78, 5) is 15.4. The molecule has 1 amide bonds. The number of carbonyl (C=O) groups is 1. The fourth-order valence-electron chi connectivity index (χ4n) is 3.97. The molecule has 1 aliphatic heterocycles. The second-order valence-corrected chi connectivity index (χ2v) is 7.33. The van der Waals surface area contributed by atoms with E-state index in [9.17, 15) is 4.79 Å². The third kappa shape index (κ3) is 4.39. The number of ether oxygens (including phenoxy) is 2. The van der Waals surface area contributed by atoms with Gasteiger partial charge in [0.2, 0.25) is 0 Å². The Balaban J connectivity index is 2.00. The number of rotatable bonds is 7. The number of anilines is 1. The van der Waals surface area contributed by atoms with E-state index in [1.54, 1.807) is 7.11 Å². The number of amides is 1. The zero-order chi connectivity index (χ0) is 20.1. The molecule has 0 bridgehead atoms. The Morgan fingerprint density at radius 1 is 1.21 bits per heavy atom. The summed E-state index contributed by atoms with van der Waals surface area (Å²) in [6.07, 6.45) is 0. The highest BCUT2D eigenvalue weighted by atomic mass is 16.5. The van der Waals surface area contributed by atoms with Crippen molar-refractivity contribution in [3.8, 4) is 0 Å². The molecular weight excluding hydrogens is 354 g/mol. The van der Waals surface area contributed by atoms with Crippen molar-refractivity contribution in [2.45, 2.75) is 27.3 Å². The maximum atomic E-state index is 13.0. The monoisotopic (exact) mass is 385 g/mol. The molecule has 1 aliphatic rings. The van der Waals surface area contributed by atoms with Gasteiger partial charge in [-0.05, 0) is 26.3 Å². The zero-order valence-electron chi connectivity index (χ0n) is 17.4. The molecule has 0 atom stereocenters. The molecular formula is C22H31N3O3. The number of methoxy groups -OCH3 is 1. The lowest BCUT2D eigenvalue weighted by Crippen LogP contribution is -2.36. The molecule has 152 valence electrons. The Labute approximate surface area is 167 Å². The molecule has 0 saturated carbocycles. The van der Waals surface area contributed by atoms with E-state index in [1.807, 2.05) is 0 Å². The molecule has 6 nitrogen and oxygen atoms in total. The largest absolute Gasteiger partial charge is 0.383 e. The molecule has 6 heteroatoms.